The lowest BCUT2D eigenvalue weighted by molar-refractivity contribution is 0.0398. The van der Waals surface area contributed by atoms with Crippen molar-refractivity contribution in [2.75, 3.05) is 84.5 Å². The molecule has 0 bridgehead atoms. The first-order chi connectivity index (χ1) is 18.4. The molecular weight excluding hydrogens is 484 g/mol. The number of rotatable bonds is 8. The molecular formula is C27H40N8O3. The van der Waals surface area contributed by atoms with E-state index in [0.717, 1.165) is 77.7 Å². The average molecular weight is 525 g/mol. The standard InChI is InChI=1S/C24H34N8O2.C3H6O/c1-29-9-11-31(12-10-29)13-14-32-23-20(26-24(32)33)22(25-7-8-30-15-17-34-18-16-30)27-21(28-23)19-5-3-2-4-6-19;1-3(2)4/h2-6H,7-18H2,1H3,(H,26,33)(H,25,27,28);4H,1H2,2H3. The van der Waals surface area contributed by atoms with Crippen molar-refractivity contribution >= 4 is 17.0 Å². The second-order valence-corrected chi connectivity index (χ2v) is 9.80. The zero-order chi connectivity index (χ0) is 26.9. The topological polar surface area (TPSA) is 115 Å². The van der Waals surface area contributed by atoms with Crippen molar-refractivity contribution < 1.29 is 9.84 Å². The number of H-pyrrole nitrogens is 1. The number of hydrogen-bond acceptors (Lipinski definition) is 9. The van der Waals surface area contributed by atoms with E-state index in [4.69, 9.17) is 19.8 Å². The number of anilines is 1. The van der Waals surface area contributed by atoms with Gasteiger partial charge in [0.05, 0.1) is 19.0 Å². The summed E-state index contributed by atoms with van der Waals surface area (Å²) in [5.41, 5.74) is 2.12. The highest BCUT2D eigenvalue weighted by Gasteiger charge is 2.19. The molecule has 206 valence electrons. The maximum Gasteiger partial charge on any atom is 0.327 e. The van der Waals surface area contributed by atoms with E-state index in [2.05, 4.69) is 38.6 Å². The van der Waals surface area contributed by atoms with Crippen LogP contribution in [0.15, 0.2) is 47.5 Å². The van der Waals surface area contributed by atoms with E-state index < -0.39 is 0 Å². The molecule has 11 heteroatoms. The Hall–Kier alpha value is -3.25. The average Bonchev–Trinajstić information content (AvgIpc) is 3.24. The number of imidazole rings is 1. The van der Waals surface area contributed by atoms with E-state index in [1.807, 2.05) is 30.3 Å². The number of aromatic nitrogens is 4. The Balaban J connectivity index is 0.000000786. The summed E-state index contributed by atoms with van der Waals surface area (Å²) in [7, 11) is 2.15. The summed E-state index contributed by atoms with van der Waals surface area (Å²) in [4.78, 5) is 32.7. The summed E-state index contributed by atoms with van der Waals surface area (Å²) >= 11 is 0. The lowest BCUT2D eigenvalue weighted by Crippen LogP contribution is -2.45. The number of likely N-dealkylation sites (N-methyl/N-ethyl adjacent to an activating group) is 1. The molecule has 1 aromatic carbocycles. The third-order valence-electron chi connectivity index (χ3n) is 6.71. The largest absolute Gasteiger partial charge is 0.513 e. The third-order valence-corrected chi connectivity index (χ3v) is 6.71. The van der Waals surface area contributed by atoms with Gasteiger partial charge in [0.25, 0.3) is 0 Å². The Bertz CT molecular complexity index is 1220. The molecule has 3 aromatic rings. The number of piperazine rings is 1. The summed E-state index contributed by atoms with van der Waals surface area (Å²) in [6.45, 7) is 15.3. The minimum atomic E-state index is -0.139. The van der Waals surface area contributed by atoms with Gasteiger partial charge in [-0.3, -0.25) is 14.4 Å². The molecule has 38 heavy (non-hydrogen) atoms. The number of nitrogens with zero attached hydrogens (tertiary/aromatic N) is 6. The monoisotopic (exact) mass is 524 g/mol. The van der Waals surface area contributed by atoms with Crippen LogP contribution in [0, 0.1) is 0 Å². The third kappa shape index (κ3) is 7.64. The lowest BCUT2D eigenvalue weighted by atomic mass is 10.2. The van der Waals surface area contributed by atoms with Crippen LogP contribution < -0.4 is 11.0 Å². The normalized spacial score (nSPS) is 17.2. The van der Waals surface area contributed by atoms with Gasteiger partial charge in [-0.15, -0.1) is 0 Å². The van der Waals surface area contributed by atoms with Crippen LogP contribution in [0.3, 0.4) is 0 Å². The van der Waals surface area contributed by atoms with E-state index in [1.54, 1.807) is 4.57 Å². The minimum absolute atomic E-state index is 0.139. The van der Waals surface area contributed by atoms with Crippen LogP contribution in [0.5, 0.6) is 0 Å². The Labute approximate surface area is 223 Å². The smallest absolute Gasteiger partial charge is 0.327 e. The number of aliphatic hydroxyl groups excluding tert-OH is 1. The van der Waals surface area contributed by atoms with Gasteiger partial charge >= 0.3 is 5.69 Å². The maximum atomic E-state index is 12.9. The van der Waals surface area contributed by atoms with Crippen molar-refractivity contribution in [1.82, 2.24) is 34.2 Å². The Morgan fingerprint density at radius 2 is 1.68 bits per heavy atom. The molecule has 0 saturated carbocycles. The minimum Gasteiger partial charge on any atom is -0.513 e. The number of fused-ring (bicyclic) bond motifs is 1. The molecule has 11 nitrogen and oxygen atoms in total. The molecule has 2 aromatic heterocycles. The quantitative estimate of drug-likeness (QED) is 0.380. The summed E-state index contributed by atoms with van der Waals surface area (Å²) in [5.74, 6) is 1.46. The lowest BCUT2D eigenvalue weighted by Gasteiger charge is -2.32. The second kappa shape index (κ2) is 13.5. The molecule has 0 atom stereocenters. The molecule has 2 saturated heterocycles. The van der Waals surface area contributed by atoms with Gasteiger partial charge in [-0.1, -0.05) is 36.9 Å². The second-order valence-electron chi connectivity index (χ2n) is 9.80. The first-order valence-electron chi connectivity index (χ1n) is 13.3. The number of benzene rings is 1. The van der Waals surface area contributed by atoms with E-state index in [9.17, 15) is 4.79 Å². The molecule has 2 aliphatic heterocycles. The molecule has 0 radical (unpaired) electrons. The van der Waals surface area contributed by atoms with Gasteiger partial charge in [0.1, 0.15) is 5.52 Å². The fourth-order valence-electron chi connectivity index (χ4n) is 4.55. The number of hydrogen-bond donors (Lipinski definition) is 3. The van der Waals surface area contributed by atoms with Crippen LogP contribution in [0.4, 0.5) is 5.82 Å². The van der Waals surface area contributed by atoms with Gasteiger partial charge in [-0.25, -0.2) is 14.8 Å². The van der Waals surface area contributed by atoms with Crippen LogP contribution in [0.1, 0.15) is 6.92 Å². The SMILES string of the molecule is C=C(C)O.CN1CCN(CCn2c(=O)[nH]c3c(NCCN4CCOCC4)nc(-c4ccccc4)nc32)CC1. The van der Waals surface area contributed by atoms with Crippen LogP contribution >= 0.6 is 0 Å². The van der Waals surface area contributed by atoms with Crippen molar-refractivity contribution in [2.24, 2.45) is 0 Å². The predicted molar refractivity (Wildman–Crippen MR) is 151 cm³/mol. The van der Waals surface area contributed by atoms with E-state index >= 15 is 0 Å². The summed E-state index contributed by atoms with van der Waals surface area (Å²) in [6.07, 6.45) is 0. The fraction of sp³-hybridized carbons (Fsp3) is 0.519. The van der Waals surface area contributed by atoms with Gasteiger partial charge in [0.15, 0.2) is 17.3 Å². The van der Waals surface area contributed by atoms with Gasteiger partial charge in [-0.05, 0) is 14.0 Å². The highest BCUT2D eigenvalue weighted by molar-refractivity contribution is 5.85. The van der Waals surface area contributed by atoms with Gasteiger partial charge in [-0.2, -0.15) is 0 Å². The van der Waals surface area contributed by atoms with Crippen molar-refractivity contribution in [2.45, 2.75) is 13.5 Å². The number of morpholine rings is 1. The number of ether oxygens (including phenoxy) is 1. The van der Waals surface area contributed by atoms with Crippen molar-refractivity contribution in [3.05, 3.63) is 53.2 Å². The van der Waals surface area contributed by atoms with Gasteiger partial charge in [0.2, 0.25) is 0 Å². The molecule has 2 aliphatic rings. The van der Waals surface area contributed by atoms with Gasteiger partial charge in [0, 0.05) is 71.0 Å². The highest BCUT2D eigenvalue weighted by atomic mass is 16.5. The molecule has 0 amide bonds. The molecule has 0 spiro atoms. The first-order valence-corrected chi connectivity index (χ1v) is 13.3. The zero-order valence-corrected chi connectivity index (χ0v) is 22.5. The Morgan fingerprint density at radius 1 is 1.03 bits per heavy atom. The summed E-state index contributed by atoms with van der Waals surface area (Å²) in [6, 6.07) is 9.93. The Morgan fingerprint density at radius 3 is 2.37 bits per heavy atom. The molecule has 2 fully saturated rings. The van der Waals surface area contributed by atoms with Crippen LogP contribution in [0.25, 0.3) is 22.6 Å². The highest BCUT2D eigenvalue weighted by Crippen LogP contribution is 2.23. The van der Waals surface area contributed by atoms with E-state index in [1.165, 1.54) is 6.92 Å². The molecule has 0 unspecified atom stereocenters. The number of aliphatic hydroxyl groups is 1. The summed E-state index contributed by atoms with van der Waals surface area (Å²) < 4.78 is 7.20. The number of allylic oxidation sites excluding steroid dienone is 1. The van der Waals surface area contributed by atoms with E-state index in [0.29, 0.717) is 29.4 Å². The Kier molecular flexibility index (Phi) is 9.88. The van der Waals surface area contributed by atoms with Crippen molar-refractivity contribution in [1.29, 1.82) is 0 Å². The zero-order valence-electron chi connectivity index (χ0n) is 22.5. The van der Waals surface area contributed by atoms with Crippen LogP contribution in [-0.4, -0.2) is 118 Å². The number of aromatic amines is 1. The maximum absolute atomic E-state index is 12.9. The predicted octanol–water partition coefficient (Wildman–Crippen LogP) is 1.86. The molecule has 4 heterocycles. The molecule has 5 rings (SSSR count). The van der Waals surface area contributed by atoms with E-state index in [-0.39, 0.29) is 11.4 Å². The van der Waals surface area contributed by atoms with Crippen molar-refractivity contribution in [3.63, 3.8) is 0 Å². The number of nitrogens with one attached hydrogen (secondary N) is 2. The summed E-state index contributed by atoms with van der Waals surface area (Å²) in [5, 5.41) is 11.3. The van der Waals surface area contributed by atoms with Crippen LogP contribution in [0.2, 0.25) is 0 Å². The van der Waals surface area contributed by atoms with Crippen LogP contribution in [-0.2, 0) is 11.3 Å². The van der Waals surface area contributed by atoms with Gasteiger partial charge < -0.3 is 25.0 Å². The van der Waals surface area contributed by atoms with Crippen molar-refractivity contribution in [3.8, 4) is 11.4 Å². The first kappa shape index (κ1) is 27.8. The fourth-order valence-corrected chi connectivity index (χ4v) is 4.55. The molecule has 3 N–H and O–H groups in total. The molecule has 0 aliphatic carbocycles.